The van der Waals surface area contributed by atoms with Crippen LogP contribution in [0.2, 0.25) is 0 Å². The molecule has 0 rings (SSSR count). The molecule has 0 aromatic carbocycles. The topological polar surface area (TPSA) is 87.1 Å². The van der Waals surface area contributed by atoms with E-state index in [4.69, 9.17) is 10.3 Å². The van der Waals surface area contributed by atoms with Gasteiger partial charge in [0.25, 0.3) is 0 Å². The lowest BCUT2D eigenvalue weighted by atomic mass is 9.92. The fraction of sp³-hybridized carbons (Fsp3) is 0.933. The fourth-order valence-corrected chi connectivity index (χ4v) is 2.12. The Labute approximate surface area is 128 Å². The van der Waals surface area contributed by atoms with Crippen molar-refractivity contribution >= 4 is 6.09 Å². The number of carbonyl (C=O) groups excluding carboxylic acids is 1. The summed E-state index contributed by atoms with van der Waals surface area (Å²) in [4.78, 5) is 14.9. The monoisotopic (exact) mass is 298 g/mol. The van der Waals surface area contributed by atoms with Crippen molar-refractivity contribution in [3.8, 4) is 0 Å². The lowest BCUT2D eigenvalue weighted by Crippen LogP contribution is -2.45. The van der Waals surface area contributed by atoms with Gasteiger partial charge in [0.05, 0.1) is 6.04 Å². The van der Waals surface area contributed by atoms with Crippen LogP contribution in [0.3, 0.4) is 0 Å². The Morgan fingerprint density at radius 3 is 2.10 bits per heavy atom. The lowest BCUT2D eigenvalue weighted by Gasteiger charge is -2.29. The molecule has 21 heavy (non-hydrogen) atoms. The molecule has 0 aromatic heterocycles. The van der Waals surface area contributed by atoms with Crippen molar-refractivity contribution in [2.75, 3.05) is 0 Å². The summed E-state index contributed by atoms with van der Waals surface area (Å²) >= 11 is 0. The molecule has 0 spiro atoms. The van der Waals surface area contributed by atoms with Crippen LogP contribution >= 0.6 is 0 Å². The summed E-state index contributed by atoms with van der Waals surface area (Å²) in [6, 6.07) is -0.469. The summed E-state index contributed by atoms with van der Waals surface area (Å²) in [5, 5.41) is 6.75. The van der Waals surface area contributed by atoms with Crippen molar-refractivity contribution in [2.45, 2.75) is 79.0 Å². The van der Waals surface area contributed by atoms with Crippen molar-refractivity contribution < 1.29 is 9.53 Å². The van der Waals surface area contributed by atoms with Crippen molar-refractivity contribution in [1.29, 1.82) is 0 Å². The number of azide groups is 1. The Morgan fingerprint density at radius 1 is 1.19 bits per heavy atom. The van der Waals surface area contributed by atoms with Crippen LogP contribution in [0.25, 0.3) is 10.4 Å². The summed E-state index contributed by atoms with van der Waals surface area (Å²) in [6.45, 7) is 13.8. The van der Waals surface area contributed by atoms with Gasteiger partial charge in [-0.25, -0.2) is 4.79 Å². The maximum atomic E-state index is 12.0. The summed E-state index contributed by atoms with van der Waals surface area (Å²) in [7, 11) is 0. The maximum Gasteiger partial charge on any atom is 0.407 e. The second kappa shape index (κ2) is 8.78. The molecule has 2 atom stereocenters. The third-order valence-corrected chi connectivity index (χ3v) is 2.80. The van der Waals surface area contributed by atoms with Gasteiger partial charge in [-0.3, -0.25) is 0 Å². The standard InChI is InChI=1S/C15H30N4O2/c1-10(2)8-12(13(18-19-16)9-11(3)4)17-14(20)21-15(5,6)7/h10-13H,8-9H2,1-7H3,(H,17,20)/t12-,13-/m0/s1. The molecule has 0 unspecified atom stereocenters. The van der Waals surface area contributed by atoms with E-state index < -0.39 is 11.7 Å². The van der Waals surface area contributed by atoms with E-state index in [2.05, 4.69) is 43.0 Å². The number of nitrogens with zero attached hydrogens (tertiary/aromatic N) is 3. The maximum absolute atomic E-state index is 12.0. The minimum absolute atomic E-state index is 0.210. The first-order valence-corrected chi connectivity index (χ1v) is 7.58. The predicted molar refractivity (Wildman–Crippen MR) is 85.0 cm³/mol. The highest BCUT2D eigenvalue weighted by Crippen LogP contribution is 2.19. The highest BCUT2D eigenvalue weighted by atomic mass is 16.6. The molecular formula is C15H30N4O2. The molecule has 0 aliphatic heterocycles. The Kier molecular flexibility index (Phi) is 8.18. The molecule has 6 nitrogen and oxygen atoms in total. The van der Waals surface area contributed by atoms with Gasteiger partial charge in [0.2, 0.25) is 0 Å². The van der Waals surface area contributed by atoms with Crippen LogP contribution in [-0.2, 0) is 4.74 Å². The number of carbonyl (C=O) groups is 1. The predicted octanol–water partition coefficient (Wildman–Crippen LogP) is 4.65. The Bertz CT molecular complexity index is 368. The molecule has 0 saturated heterocycles. The van der Waals surface area contributed by atoms with E-state index in [1.807, 2.05) is 20.8 Å². The minimum Gasteiger partial charge on any atom is -0.444 e. The van der Waals surface area contributed by atoms with Crippen molar-refractivity contribution in [1.82, 2.24) is 5.32 Å². The number of rotatable bonds is 7. The number of alkyl carbamates (subject to hydrolysis) is 1. The Balaban J connectivity index is 4.97. The largest absolute Gasteiger partial charge is 0.444 e. The third kappa shape index (κ3) is 10.0. The summed E-state index contributed by atoms with van der Waals surface area (Å²) in [6.07, 6.45) is 1.02. The van der Waals surface area contributed by atoms with Gasteiger partial charge in [-0.1, -0.05) is 32.8 Å². The van der Waals surface area contributed by atoms with Gasteiger partial charge >= 0.3 is 6.09 Å². The van der Waals surface area contributed by atoms with E-state index in [1.165, 1.54) is 0 Å². The van der Waals surface area contributed by atoms with Crippen LogP contribution in [0.5, 0.6) is 0 Å². The van der Waals surface area contributed by atoms with E-state index in [1.54, 1.807) is 0 Å². The zero-order valence-electron chi connectivity index (χ0n) is 14.4. The van der Waals surface area contributed by atoms with Crippen LogP contribution in [0, 0.1) is 11.8 Å². The first-order valence-electron chi connectivity index (χ1n) is 7.58. The first-order chi connectivity index (χ1) is 9.55. The highest BCUT2D eigenvalue weighted by molar-refractivity contribution is 5.68. The molecule has 0 saturated carbocycles. The SMILES string of the molecule is CC(C)C[C@H](N=[N+]=[N-])[C@H](CC(C)C)NC(=O)OC(C)(C)C. The average molecular weight is 298 g/mol. The molecule has 0 bridgehead atoms. The summed E-state index contributed by atoms with van der Waals surface area (Å²) in [5.74, 6) is 0.768. The second-order valence-electron chi connectivity index (χ2n) is 7.28. The average Bonchev–Trinajstić information content (AvgIpc) is 2.23. The zero-order chi connectivity index (χ0) is 16.6. The van der Waals surface area contributed by atoms with Crippen LogP contribution < -0.4 is 5.32 Å². The molecule has 1 N–H and O–H groups in total. The van der Waals surface area contributed by atoms with Gasteiger partial charge in [-0.05, 0) is 51.0 Å². The van der Waals surface area contributed by atoms with Gasteiger partial charge < -0.3 is 10.1 Å². The van der Waals surface area contributed by atoms with Crippen molar-refractivity contribution in [3.05, 3.63) is 10.4 Å². The quantitative estimate of drug-likeness (QED) is 0.421. The smallest absolute Gasteiger partial charge is 0.407 e. The number of hydrogen-bond acceptors (Lipinski definition) is 3. The first kappa shape index (κ1) is 19.6. The molecule has 0 aliphatic carbocycles. The lowest BCUT2D eigenvalue weighted by molar-refractivity contribution is 0.0487. The molecule has 1 amide bonds. The van der Waals surface area contributed by atoms with Crippen LogP contribution in [0.4, 0.5) is 4.79 Å². The molecular weight excluding hydrogens is 268 g/mol. The van der Waals surface area contributed by atoms with Crippen LogP contribution in [0.15, 0.2) is 5.11 Å². The molecule has 0 fully saturated rings. The van der Waals surface area contributed by atoms with E-state index in [0.29, 0.717) is 11.8 Å². The van der Waals surface area contributed by atoms with Crippen LogP contribution in [0.1, 0.15) is 61.3 Å². The number of hydrogen-bond donors (Lipinski definition) is 1. The molecule has 0 radical (unpaired) electrons. The highest BCUT2D eigenvalue weighted by Gasteiger charge is 2.26. The van der Waals surface area contributed by atoms with Gasteiger partial charge in [-0.2, -0.15) is 0 Å². The number of nitrogens with one attached hydrogen (secondary N) is 1. The minimum atomic E-state index is -0.543. The van der Waals surface area contributed by atoms with Crippen molar-refractivity contribution in [3.63, 3.8) is 0 Å². The number of amides is 1. The van der Waals surface area contributed by atoms with Gasteiger partial charge in [-0.15, -0.1) is 0 Å². The third-order valence-electron chi connectivity index (χ3n) is 2.80. The Morgan fingerprint density at radius 2 is 1.71 bits per heavy atom. The molecule has 0 aliphatic rings. The second-order valence-corrected chi connectivity index (χ2v) is 7.28. The van der Waals surface area contributed by atoms with Crippen molar-refractivity contribution in [2.24, 2.45) is 17.0 Å². The van der Waals surface area contributed by atoms with Crippen LogP contribution in [-0.4, -0.2) is 23.8 Å². The summed E-state index contributed by atoms with van der Waals surface area (Å²) in [5.41, 5.74) is 8.22. The van der Waals surface area contributed by atoms with Gasteiger partial charge in [0.15, 0.2) is 0 Å². The molecule has 6 heteroatoms. The van der Waals surface area contributed by atoms with E-state index in [9.17, 15) is 4.79 Å². The molecule has 122 valence electrons. The Hall–Kier alpha value is -1.42. The fourth-order valence-electron chi connectivity index (χ4n) is 2.12. The van der Waals surface area contributed by atoms with E-state index >= 15 is 0 Å². The molecule has 0 aromatic rings. The normalized spacial score (nSPS) is 14.5. The van der Waals surface area contributed by atoms with E-state index in [-0.39, 0.29) is 12.1 Å². The zero-order valence-corrected chi connectivity index (χ0v) is 14.4. The number of ether oxygens (including phenoxy) is 1. The summed E-state index contributed by atoms with van der Waals surface area (Å²) < 4.78 is 5.30. The van der Waals surface area contributed by atoms with Gasteiger partial charge in [0.1, 0.15) is 5.60 Å². The van der Waals surface area contributed by atoms with Gasteiger partial charge in [0, 0.05) is 11.0 Å². The van der Waals surface area contributed by atoms with E-state index in [0.717, 1.165) is 12.8 Å². The molecule has 0 heterocycles.